The molecule has 0 aliphatic carbocycles. The monoisotopic (exact) mass is 417 g/mol. The van der Waals surface area contributed by atoms with E-state index in [1.807, 2.05) is 16.7 Å². The molecule has 7 nitrogen and oxygen atoms in total. The van der Waals surface area contributed by atoms with Crippen molar-refractivity contribution in [2.24, 2.45) is 11.8 Å². The Kier molecular flexibility index (Phi) is 7.21. The highest BCUT2D eigenvalue weighted by atomic mass is 16.5. The van der Waals surface area contributed by atoms with Crippen molar-refractivity contribution in [2.45, 2.75) is 59.8 Å². The molecule has 0 bridgehead atoms. The van der Waals surface area contributed by atoms with E-state index in [2.05, 4.69) is 11.9 Å². The second kappa shape index (κ2) is 9.67. The fourth-order valence-corrected chi connectivity index (χ4v) is 4.61. The van der Waals surface area contributed by atoms with Crippen molar-refractivity contribution >= 4 is 17.8 Å². The first-order valence-electron chi connectivity index (χ1n) is 11.2. The molecule has 2 aliphatic heterocycles. The Balaban J connectivity index is 1.55. The second-order valence-electron chi connectivity index (χ2n) is 8.85. The van der Waals surface area contributed by atoms with Crippen LogP contribution in [0.25, 0.3) is 0 Å². The van der Waals surface area contributed by atoms with Gasteiger partial charge in [0.25, 0.3) is 5.91 Å². The third-order valence-corrected chi connectivity index (χ3v) is 6.63. The quantitative estimate of drug-likeness (QED) is 0.745. The smallest absolute Gasteiger partial charge is 0.355 e. The van der Waals surface area contributed by atoms with E-state index in [-0.39, 0.29) is 11.8 Å². The number of amides is 2. The molecule has 0 radical (unpaired) electrons. The van der Waals surface area contributed by atoms with E-state index in [4.69, 9.17) is 4.74 Å². The van der Waals surface area contributed by atoms with Crippen molar-refractivity contribution < 1.29 is 19.1 Å². The molecule has 1 aromatic rings. The van der Waals surface area contributed by atoms with Crippen molar-refractivity contribution in [2.75, 3.05) is 32.8 Å². The Bertz CT molecular complexity index is 785. The van der Waals surface area contributed by atoms with Crippen LogP contribution in [0.1, 0.15) is 78.1 Å². The summed E-state index contributed by atoms with van der Waals surface area (Å²) in [6.45, 7) is 11.0. The second-order valence-corrected chi connectivity index (χ2v) is 8.85. The molecule has 2 fully saturated rings. The maximum atomic E-state index is 13.1. The Morgan fingerprint density at radius 3 is 2.20 bits per heavy atom. The lowest BCUT2D eigenvalue weighted by atomic mass is 9.91. The molecule has 0 unspecified atom stereocenters. The van der Waals surface area contributed by atoms with Crippen LogP contribution in [0.15, 0.2) is 0 Å². The van der Waals surface area contributed by atoms with Crippen molar-refractivity contribution in [1.29, 1.82) is 0 Å². The lowest BCUT2D eigenvalue weighted by Gasteiger charge is -2.34. The van der Waals surface area contributed by atoms with E-state index in [0.717, 1.165) is 38.8 Å². The zero-order valence-corrected chi connectivity index (χ0v) is 18.8. The largest absolute Gasteiger partial charge is 0.461 e. The fourth-order valence-electron chi connectivity index (χ4n) is 4.61. The van der Waals surface area contributed by atoms with Crippen LogP contribution in [0.3, 0.4) is 0 Å². The Labute approximate surface area is 179 Å². The highest BCUT2D eigenvalue weighted by Gasteiger charge is 2.30. The number of nitrogens with one attached hydrogen (secondary N) is 1. The van der Waals surface area contributed by atoms with Gasteiger partial charge in [-0.2, -0.15) is 0 Å². The van der Waals surface area contributed by atoms with Gasteiger partial charge in [0.1, 0.15) is 5.69 Å². The molecular formula is C23H35N3O4. The third kappa shape index (κ3) is 4.87. The van der Waals surface area contributed by atoms with Crippen molar-refractivity contribution in [3.63, 3.8) is 0 Å². The van der Waals surface area contributed by atoms with Gasteiger partial charge in [0, 0.05) is 38.3 Å². The summed E-state index contributed by atoms with van der Waals surface area (Å²) in [6.07, 6.45) is 4.47. The Morgan fingerprint density at radius 1 is 1.00 bits per heavy atom. The SMILES string of the molecule is CCOC(=O)c1[nH]c(C)c(C(=O)N2CCC(CC(=O)N3CCC(C)CC3)CC2)c1C. The first-order chi connectivity index (χ1) is 14.3. The molecule has 0 spiro atoms. The van der Waals surface area contributed by atoms with Gasteiger partial charge >= 0.3 is 5.97 Å². The number of esters is 1. The fraction of sp³-hybridized carbons (Fsp3) is 0.696. The number of aromatic nitrogens is 1. The number of piperidine rings is 2. The zero-order chi connectivity index (χ0) is 21.8. The van der Waals surface area contributed by atoms with Gasteiger partial charge in [-0.05, 0) is 63.9 Å². The minimum Gasteiger partial charge on any atom is -0.461 e. The highest BCUT2D eigenvalue weighted by molar-refractivity contribution is 6.01. The lowest BCUT2D eigenvalue weighted by Crippen LogP contribution is -2.42. The van der Waals surface area contributed by atoms with Gasteiger partial charge in [-0.1, -0.05) is 6.92 Å². The number of hydrogen-bond acceptors (Lipinski definition) is 4. The number of hydrogen-bond donors (Lipinski definition) is 1. The molecule has 166 valence electrons. The third-order valence-electron chi connectivity index (χ3n) is 6.63. The van der Waals surface area contributed by atoms with Crippen LogP contribution < -0.4 is 0 Å². The van der Waals surface area contributed by atoms with E-state index in [9.17, 15) is 14.4 Å². The predicted molar refractivity (Wildman–Crippen MR) is 114 cm³/mol. The number of rotatable bonds is 5. The van der Waals surface area contributed by atoms with Crippen LogP contribution in [0, 0.1) is 25.7 Å². The number of carbonyl (C=O) groups excluding carboxylic acids is 3. The van der Waals surface area contributed by atoms with Gasteiger partial charge in [-0.25, -0.2) is 4.79 Å². The zero-order valence-electron chi connectivity index (χ0n) is 18.8. The molecule has 0 atom stereocenters. The molecule has 2 aliphatic rings. The van der Waals surface area contributed by atoms with Crippen LogP contribution >= 0.6 is 0 Å². The summed E-state index contributed by atoms with van der Waals surface area (Å²) in [4.78, 5) is 44.7. The number of aryl methyl sites for hydroxylation is 1. The average Bonchev–Trinajstić information content (AvgIpc) is 3.03. The van der Waals surface area contributed by atoms with Crippen LogP contribution in [-0.2, 0) is 9.53 Å². The van der Waals surface area contributed by atoms with Gasteiger partial charge in [0.2, 0.25) is 5.91 Å². The minimum atomic E-state index is -0.429. The van der Waals surface area contributed by atoms with E-state index in [1.165, 1.54) is 0 Å². The summed E-state index contributed by atoms with van der Waals surface area (Å²) in [7, 11) is 0. The Morgan fingerprint density at radius 2 is 1.60 bits per heavy atom. The normalized spacial score (nSPS) is 18.5. The molecule has 1 N–H and O–H groups in total. The molecule has 1 aromatic heterocycles. The number of likely N-dealkylation sites (tertiary alicyclic amines) is 2. The van der Waals surface area contributed by atoms with Crippen molar-refractivity contribution in [3.8, 4) is 0 Å². The van der Waals surface area contributed by atoms with Crippen LogP contribution in [0.5, 0.6) is 0 Å². The topological polar surface area (TPSA) is 82.7 Å². The van der Waals surface area contributed by atoms with Crippen LogP contribution in [0.2, 0.25) is 0 Å². The first kappa shape index (κ1) is 22.4. The molecule has 30 heavy (non-hydrogen) atoms. The summed E-state index contributed by atoms with van der Waals surface area (Å²) >= 11 is 0. The van der Waals surface area contributed by atoms with E-state index in [0.29, 0.717) is 60.5 Å². The molecule has 0 saturated carbocycles. The summed E-state index contributed by atoms with van der Waals surface area (Å²) in [6, 6.07) is 0. The van der Waals surface area contributed by atoms with Crippen LogP contribution in [0.4, 0.5) is 0 Å². The summed E-state index contributed by atoms with van der Waals surface area (Å²) in [5.74, 6) is 0.841. The minimum absolute atomic E-state index is 0.0495. The summed E-state index contributed by atoms with van der Waals surface area (Å²) in [5.41, 5.74) is 2.26. The molecule has 2 amide bonds. The first-order valence-corrected chi connectivity index (χ1v) is 11.2. The van der Waals surface area contributed by atoms with E-state index < -0.39 is 5.97 Å². The molecule has 7 heteroatoms. The summed E-state index contributed by atoms with van der Waals surface area (Å²) < 4.78 is 5.08. The number of aromatic amines is 1. The molecule has 0 aromatic carbocycles. The van der Waals surface area contributed by atoms with Gasteiger partial charge in [-0.3, -0.25) is 9.59 Å². The van der Waals surface area contributed by atoms with E-state index >= 15 is 0 Å². The molecular weight excluding hydrogens is 382 g/mol. The van der Waals surface area contributed by atoms with Gasteiger partial charge in [0.05, 0.1) is 12.2 Å². The highest BCUT2D eigenvalue weighted by Crippen LogP contribution is 2.27. The average molecular weight is 418 g/mol. The number of nitrogens with zero attached hydrogens (tertiary/aromatic N) is 2. The maximum absolute atomic E-state index is 13.1. The Hall–Kier alpha value is -2.31. The number of ether oxygens (including phenoxy) is 1. The van der Waals surface area contributed by atoms with Gasteiger partial charge in [-0.15, -0.1) is 0 Å². The predicted octanol–water partition coefficient (Wildman–Crippen LogP) is 3.31. The molecule has 2 saturated heterocycles. The van der Waals surface area contributed by atoms with Gasteiger partial charge in [0.15, 0.2) is 0 Å². The van der Waals surface area contributed by atoms with Gasteiger partial charge < -0.3 is 19.5 Å². The number of H-pyrrole nitrogens is 1. The number of carbonyl (C=O) groups is 3. The standard InChI is InChI=1S/C23H35N3O4/c1-5-30-23(29)21-16(3)20(17(4)24-21)22(28)26-12-8-18(9-13-26)14-19(27)25-10-6-15(2)7-11-25/h15,18,24H,5-14H2,1-4H3. The molecule has 3 rings (SSSR count). The van der Waals surface area contributed by atoms with Crippen molar-refractivity contribution in [1.82, 2.24) is 14.8 Å². The van der Waals surface area contributed by atoms with Crippen molar-refractivity contribution in [3.05, 3.63) is 22.5 Å². The molecule has 3 heterocycles. The maximum Gasteiger partial charge on any atom is 0.355 e. The van der Waals surface area contributed by atoms with E-state index in [1.54, 1.807) is 13.8 Å². The van der Waals surface area contributed by atoms with Crippen LogP contribution in [-0.4, -0.2) is 65.4 Å². The summed E-state index contributed by atoms with van der Waals surface area (Å²) in [5, 5.41) is 0. The lowest BCUT2D eigenvalue weighted by molar-refractivity contribution is -0.133.